The molecule has 1 aromatic heterocycles. The van der Waals surface area contributed by atoms with Crippen LogP contribution in [0.1, 0.15) is 23.7 Å². The second-order valence-corrected chi connectivity index (χ2v) is 5.03. The van der Waals surface area contributed by atoms with Gasteiger partial charge in [0, 0.05) is 43.3 Å². The SMILES string of the molecule is CC(O)CCN(C)C(=O)c1cccc2c1ccn2C. The van der Waals surface area contributed by atoms with Gasteiger partial charge < -0.3 is 14.6 Å². The molecule has 0 saturated carbocycles. The van der Waals surface area contributed by atoms with Crippen molar-refractivity contribution in [1.82, 2.24) is 9.47 Å². The van der Waals surface area contributed by atoms with Gasteiger partial charge in [-0.2, -0.15) is 0 Å². The van der Waals surface area contributed by atoms with E-state index in [0.29, 0.717) is 18.5 Å². The van der Waals surface area contributed by atoms with Crippen LogP contribution in [0.2, 0.25) is 0 Å². The van der Waals surface area contributed by atoms with Crippen LogP contribution in [0.5, 0.6) is 0 Å². The van der Waals surface area contributed by atoms with Crippen molar-refractivity contribution in [3.8, 4) is 0 Å². The van der Waals surface area contributed by atoms with Crippen molar-refractivity contribution in [3.05, 3.63) is 36.0 Å². The quantitative estimate of drug-likeness (QED) is 0.914. The number of aromatic nitrogens is 1. The van der Waals surface area contributed by atoms with Crippen molar-refractivity contribution >= 4 is 16.8 Å². The van der Waals surface area contributed by atoms with Crippen LogP contribution in [0.15, 0.2) is 30.5 Å². The first kappa shape index (κ1) is 13.6. The maximum Gasteiger partial charge on any atom is 0.254 e. The molecule has 1 amide bonds. The molecule has 1 aromatic carbocycles. The van der Waals surface area contributed by atoms with Crippen LogP contribution in [0, 0.1) is 0 Å². The van der Waals surface area contributed by atoms with E-state index in [4.69, 9.17) is 0 Å². The summed E-state index contributed by atoms with van der Waals surface area (Å²) in [6.07, 6.45) is 2.16. The van der Waals surface area contributed by atoms with Crippen molar-refractivity contribution < 1.29 is 9.90 Å². The smallest absolute Gasteiger partial charge is 0.254 e. The molecule has 2 rings (SSSR count). The molecule has 0 aliphatic rings. The molecule has 0 bridgehead atoms. The Hall–Kier alpha value is -1.81. The number of hydrogen-bond acceptors (Lipinski definition) is 2. The van der Waals surface area contributed by atoms with Crippen LogP contribution in [-0.2, 0) is 7.05 Å². The Kier molecular flexibility index (Phi) is 3.90. The van der Waals surface area contributed by atoms with E-state index in [-0.39, 0.29) is 12.0 Å². The lowest BCUT2D eigenvalue weighted by Gasteiger charge is -2.18. The number of aliphatic hydroxyl groups is 1. The van der Waals surface area contributed by atoms with Gasteiger partial charge in [0.25, 0.3) is 5.91 Å². The molecule has 1 atom stereocenters. The van der Waals surface area contributed by atoms with E-state index in [1.807, 2.05) is 42.1 Å². The van der Waals surface area contributed by atoms with Gasteiger partial charge in [-0.1, -0.05) is 6.07 Å². The topological polar surface area (TPSA) is 45.5 Å². The zero-order chi connectivity index (χ0) is 14.0. The van der Waals surface area contributed by atoms with Crippen molar-refractivity contribution in [2.24, 2.45) is 7.05 Å². The second kappa shape index (κ2) is 5.45. The lowest BCUT2D eigenvalue weighted by atomic mass is 10.1. The molecule has 4 nitrogen and oxygen atoms in total. The van der Waals surface area contributed by atoms with Crippen molar-refractivity contribution in [2.75, 3.05) is 13.6 Å². The molecule has 1 unspecified atom stereocenters. The van der Waals surface area contributed by atoms with Crippen molar-refractivity contribution in [3.63, 3.8) is 0 Å². The zero-order valence-electron chi connectivity index (χ0n) is 11.6. The molecule has 2 aromatic rings. The lowest BCUT2D eigenvalue weighted by molar-refractivity contribution is 0.0771. The van der Waals surface area contributed by atoms with Crippen LogP contribution >= 0.6 is 0 Å². The maximum atomic E-state index is 12.4. The second-order valence-electron chi connectivity index (χ2n) is 5.03. The monoisotopic (exact) mass is 260 g/mol. The number of amides is 1. The summed E-state index contributed by atoms with van der Waals surface area (Å²) in [6, 6.07) is 7.72. The normalized spacial score (nSPS) is 12.6. The van der Waals surface area contributed by atoms with Crippen LogP contribution in [0.3, 0.4) is 0 Å². The Bertz CT molecular complexity index is 587. The van der Waals surface area contributed by atoms with Gasteiger partial charge in [-0.05, 0) is 31.5 Å². The Morgan fingerprint density at radius 1 is 1.42 bits per heavy atom. The summed E-state index contributed by atoms with van der Waals surface area (Å²) >= 11 is 0. The molecule has 19 heavy (non-hydrogen) atoms. The van der Waals surface area contributed by atoms with Gasteiger partial charge in [0.15, 0.2) is 0 Å². The highest BCUT2D eigenvalue weighted by Gasteiger charge is 2.15. The number of aryl methyl sites for hydroxylation is 1. The van der Waals surface area contributed by atoms with E-state index < -0.39 is 0 Å². The van der Waals surface area contributed by atoms with Gasteiger partial charge in [-0.15, -0.1) is 0 Å². The minimum absolute atomic E-state index is 0.00236. The number of carbonyl (C=O) groups excluding carboxylic acids is 1. The van der Waals surface area contributed by atoms with Crippen LogP contribution in [0.25, 0.3) is 10.9 Å². The number of fused-ring (bicyclic) bond motifs is 1. The summed E-state index contributed by atoms with van der Waals surface area (Å²) in [4.78, 5) is 14.1. The first-order valence-electron chi connectivity index (χ1n) is 6.48. The van der Waals surface area contributed by atoms with Gasteiger partial charge in [0.1, 0.15) is 0 Å². The zero-order valence-corrected chi connectivity index (χ0v) is 11.6. The number of rotatable bonds is 4. The Balaban J connectivity index is 2.26. The molecule has 0 aliphatic carbocycles. The molecule has 0 saturated heterocycles. The molecule has 0 radical (unpaired) electrons. The summed E-state index contributed by atoms with van der Waals surface area (Å²) in [5, 5.41) is 10.3. The van der Waals surface area contributed by atoms with Crippen molar-refractivity contribution in [2.45, 2.75) is 19.4 Å². The average Bonchev–Trinajstić information content (AvgIpc) is 2.77. The molecule has 0 spiro atoms. The largest absolute Gasteiger partial charge is 0.393 e. The Labute approximate surface area is 113 Å². The molecular weight excluding hydrogens is 240 g/mol. The third kappa shape index (κ3) is 2.79. The maximum absolute atomic E-state index is 12.4. The van der Waals surface area contributed by atoms with Gasteiger partial charge in [0.2, 0.25) is 0 Å². The van der Waals surface area contributed by atoms with E-state index in [0.717, 1.165) is 10.9 Å². The van der Waals surface area contributed by atoms with Crippen LogP contribution in [0.4, 0.5) is 0 Å². The minimum atomic E-state index is -0.386. The average molecular weight is 260 g/mol. The van der Waals surface area contributed by atoms with Crippen LogP contribution < -0.4 is 0 Å². The highest BCUT2D eigenvalue weighted by molar-refractivity contribution is 6.06. The summed E-state index contributed by atoms with van der Waals surface area (Å²) in [6.45, 7) is 2.29. The Morgan fingerprint density at radius 2 is 2.16 bits per heavy atom. The predicted molar refractivity (Wildman–Crippen MR) is 76.2 cm³/mol. The number of carbonyl (C=O) groups is 1. The summed E-state index contributed by atoms with van der Waals surface area (Å²) in [5.41, 5.74) is 1.76. The van der Waals surface area contributed by atoms with Crippen LogP contribution in [-0.4, -0.2) is 40.2 Å². The Morgan fingerprint density at radius 3 is 2.84 bits per heavy atom. The van der Waals surface area contributed by atoms with Gasteiger partial charge >= 0.3 is 0 Å². The minimum Gasteiger partial charge on any atom is -0.393 e. The first-order valence-corrected chi connectivity index (χ1v) is 6.48. The summed E-state index contributed by atoms with van der Waals surface area (Å²) in [5.74, 6) is -0.00236. The van der Waals surface area contributed by atoms with E-state index in [9.17, 15) is 9.90 Å². The molecule has 0 aliphatic heterocycles. The fourth-order valence-corrected chi connectivity index (χ4v) is 2.18. The third-order valence-electron chi connectivity index (χ3n) is 3.39. The molecule has 1 N–H and O–H groups in total. The lowest BCUT2D eigenvalue weighted by Crippen LogP contribution is -2.29. The third-order valence-corrected chi connectivity index (χ3v) is 3.39. The van der Waals surface area contributed by atoms with E-state index in [1.54, 1.807) is 18.9 Å². The van der Waals surface area contributed by atoms with E-state index in [2.05, 4.69) is 0 Å². The molecule has 0 fully saturated rings. The molecular formula is C15H20N2O2. The predicted octanol–water partition coefficient (Wildman–Crippen LogP) is 2.02. The number of benzene rings is 1. The van der Waals surface area contributed by atoms with E-state index >= 15 is 0 Å². The standard InChI is InChI=1S/C15H20N2O2/c1-11(18)7-9-17(3)15(19)13-5-4-6-14-12(13)8-10-16(14)2/h4-6,8,10-11,18H,7,9H2,1-3H3. The summed E-state index contributed by atoms with van der Waals surface area (Å²) in [7, 11) is 3.74. The highest BCUT2D eigenvalue weighted by atomic mass is 16.3. The fraction of sp³-hybridized carbons (Fsp3) is 0.400. The number of aliphatic hydroxyl groups excluding tert-OH is 1. The fourth-order valence-electron chi connectivity index (χ4n) is 2.18. The summed E-state index contributed by atoms with van der Waals surface area (Å²) < 4.78 is 2.00. The number of nitrogens with zero attached hydrogens (tertiary/aromatic N) is 2. The highest BCUT2D eigenvalue weighted by Crippen LogP contribution is 2.20. The van der Waals surface area contributed by atoms with E-state index in [1.165, 1.54) is 0 Å². The first-order chi connectivity index (χ1) is 9.00. The number of hydrogen-bond donors (Lipinski definition) is 1. The molecule has 102 valence electrons. The van der Waals surface area contributed by atoms with Gasteiger partial charge in [-0.25, -0.2) is 0 Å². The van der Waals surface area contributed by atoms with Gasteiger partial charge in [0.05, 0.1) is 6.10 Å². The molecule has 4 heteroatoms. The van der Waals surface area contributed by atoms with Gasteiger partial charge in [-0.3, -0.25) is 4.79 Å². The molecule has 1 heterocycles. The van der Waals surface area contributed by atoms with Crippen molar-refractivity contribution in [1.29, 1.82) is 0 Å².